The lowest BCUT2D eigenvalue weighted by atomic mass is 9.99. The maximum absolute atomic E-state index is 14.9. The second-order valence-electron chi connectivity index (χ2n) is 10.5. The van der Waals surface area contributed by atoms with Crippen LogP contribution in [0.4, 0.5) is 15.9 Å². The van der Waals surface area contributed by atoms with Crippen molar-refractivity contribution < 1.29 is 23.8 Å². The summed E-state index contributed by atoms with van der Waals surface area (Å²) in [5, 5.41) is 11.8. The van der Waals surface area contributed by atoms with E-state index in [-0.39, 0.29) is 30.0 Å². The summed E-state index contributed by atoms with van der Waals surface area (Å²) in [4.78, 5) is 29.5. The second kappa shape index (κ2) is 10.6. The van der Waals surface area contributed by atoms with Crippen molar-refractivity contribution >= 4 is 28.2 Å². The molecule has 3 aliphatic rings. The molecule has 1 N–H and O–H groups in total. The van der Waals surface area contributed by atoms with Crippen molar-refractivity contribution in [2.45, 2.75) is 45.2 Å². The van der Waals surface area contributed by atoms with Gasteiger partial charge in [0.15, 0.2) is 0 Å². The minimum Gasteiger partial charge on any atom is -0.508 e. The number of phenolic OH excluding ortho intramolecular Hbond substituents is 1. The molecule has 9 nitrogen and oxygen atoms in total. The summed E-state index contributed by atoms with van der Waals surface area (Å²) in [5.74, 6) is -0.0566. The number of amides is 1. The van der Waals surface area contributed by atoms with Gasteiger partial charge in [0, 0.05) is 37.2 Å². The van der Waals surface area contributed by atoms with Gasteiger partial charge in [-0.1, -0.05) is 13.0 Å². The highest BCUT2D eigenvalue weighted by Crippen LogP contribution is 2.41. The first-order valence-electron chi connectivity index (χ1n) is 13.8. The molecular formula is C29H34FN5O4. The molecule has 2 aromatic carbocycles. The van der Waals surface area contributed by atoms with E-state index < -0.39 is 0 Å². The molecule has 0 spiro atoms. The Morgan fingerprint density at radius 3 is 2.82 bits per heavy atom. The highest BCUT2D eigenvalue weighted by Gasteiger charge is 2.37. The third kappa shape index (κ3) is 4.76. The van der Waals surface area contributed by atoms with E-state index in [1.807, 2.05) is 6.92 Å². The molecule has 2 saturated heterocycles. The summed E-state index contributed by atoms with van der Waals surface area (Å²) in [5.41, 5.74) is 1.96. The molecule has 206 valence electrons. The van der Waals surface area contributed by atoms with E-state index >= 15 is 0 Å². The average Bonchev–Trinajstić information content (AvgIpc) is 3.36. The third-order valence-corrected chi connectivity index (χ3v) is 8.09. The number of fused-ring (bicyclic) bond motifs is 2. The maximum atomic E-state index is 14.9. The quantitative estimate of drug-likeness (QED) is 0.508. The van der Waals surface area contributed by atoms with Gasteiger partial charge >= 0.3 is 6.01 Å². The lowest BCUT2D eigenvalue weighted by Gasteiger charge is -2.24. The van der Waals surface area contributed by atoms with E-state index in [1.165, 1.54) is 12.1 Å². The molecule has 1 atom stereocenters. The predicted molar refractivity (Wildman–Crippen MR) is 146 cm³/mol. The molecule has 0 bridgehead atoms. The van der Waals surface area contributed by atoms with Crippen molar-refractivity contribution in [3.8, 4) is 11.8 Å². The normalized spacial score (nSPS) is 20.1. The number of likely N-dealkylation sites (tertiary alicyclic amines) is 1. The number of benzene rings is 2. The van der Waals surface area contributed by atoms with Gasteiger partial charge in [0.05, 0.1) is 24.5 Å². The van der Waals surface area contributed by atoms with Gasteiger partial charge in [-0.2, -0.15) is 9.97 Å². The molecule has 6 rings (SSSR count). The van der Waals surface area contributed by atoms with E-state index in [9.17, 15) is 14.3 Å². The molecule has 3 aromatic rings. The largest absolute Gasteiger partial charge is 0.508 e. The summed E-state index contributed by atoms with van der Waals surface area (Å²) >= 11 is 0. The van der Waals surface area contributed by atoms with Crippen LogP contribution in [-0.4, -0.2) is 78.4 Å². The molecule has 1 amide bonds. The van der Waals surface area contributed by atoms with Crippen molar-refractivity contribution in [1.82, 2.24) is 14.9 Å². The minimum atomic E-state index is -0.335. The number of aromatic nitrogens is 2. The SMILES string of the molecule is CCc1c(F)ccc2cc(O)cc(N3Cc4nc(OCC5CCCN5C)nc(N5CCCOCC5)c4C3=O)c12. The molecule has 0 radical (unpaired) electrons. The maximum Gasteiger partial charge on any atom is 0.318 e. The Balaban J connectivity index is 1.42. The van der Waals surface area contributed by atoms with Gasteiger partial charge < -0.3 is 29.3 Å². The van der Waals surface area contributed by atoms with E-state index in [0.29, 0.717) is 84.5 Å². The number of likely N-dealkylation sites (N-methyl/N-ethyl adjacent to an activating group) is 1. The Morgan fingerprint density at radius 2 is 2.03 bits per heavy atom. The van der Waals surface area contributed by atoms with Crippen molar-refractivity contribution in [3.63, 3.8) is 0 Å². The summed E-state index contributed by atoms with van der Waals surface area (Å²) in [7, 11) is 2.09. The Hall–Kier alpha value is -3.50. The van der Waals surface area contributed by atoms with Gasteiger partial charge in [0.2, 0.25) is 0 Å². The fourth-order valence-corrected chi connectivity index (χ4v) is 6.00. The van der Waals surface area contributed by atoms with Gasteiger partial charge in [0.25, 0.3) is 5.91 Å². The van der Waals surface area contributed by atoms with E-state index in [1.54, 1.807) is 17.0 Å². The van der Waals surface area contributed by atoms with Crippen LogP contribution in [0.2, 0.25) is 0 Å². The Morgan fingerprint density at radius 1 is 1.15 bits per heavy atom. The fraction of sp³-hybridized carbons (Fsp3) is 0.483. The third-order valence-electron chi connectivity index (χ3n) is 8.09. The number of hydrogen-bond acceptors (Lipinski definition) is 8. The number of carbonyl (C=O) groups excluding carboxylic acids is 1. The highest BCUT2D eigenvalue weighted by atomic mass is 19.1. The molecule has 0 aliphatic carbocycles. The zero-order chi connectivity index (χ0) is 27.1. The number of aryl methyl sites for hydroxylation is 1. The van der Waals surface area contributed by atoms with E-state index in [0.717, 1.165) is 25.8 Å². The summed E-state index contributed by atoms with van der Waals surface area (Å²) in [6, 6.07) is 6.72. The lowest BCUT2D eigenvalue weighted by molar-refractivity contribution is 0.0997. The molecule has 0 saturated carbocycles. The van der Waals surface area contributed by atoms with Crippen molar-refractivity contribution in [2.24, 2.45) is 0 Å². The number of hydrogen-bond donors (Lipinski definition) is 1. The standard InChI is InChI=1S/C29H34FN5O4/c1-3-21-22(30)8-7-18-14-20(36)15-24(25(18)21)35-16-23-26(28(35)37)27(34-10-5-12-38-13-11-34)32-29(31-23)39-17-19-6-4-9-33(19)2/h7-8,14-15,19,36H,3-6,9-13,16-17H2,1-2H3. The number of nitrogens with zero attached hydrogens (tertiary/aromatic N) is 5. The first kappa shape index (κ1) is 25.8. The smallest absolute Gasteiger partial charge is 0.318 e. The molecule has 10 heteroatoms. The summed E-state index contributed by atoms with van der Waals surface area (Å²) < 4.78 is 26.6. The minimum absolute atomic E-state index is 0.00981. The van der Waals surface area contributed by atoms with E-state index in [2.05, 4.69) is 16.8 Å². The Kier molecular flexibility index (Phi) is 6.99. The number of carbonyl (C=O) groups is 1. The second-order valence-corrected chi connectivity index (χ2v) is 10.5. The zero-order valence-electron chi connectivity index (χ0n) is 22.5. The highest BCUT2D eigenvalue weighted by molar-refractivity contribution is 6.16. The number of rotatable bonds is 6. The fourth-order valence-electron chi connectivity index (χ4n) is 6.00. The van der Waals surface area contributed by atoms with Crippen LogP contribution < -0.4 is 14.5 Å². The molecule has 1 aromatic heterocycles. The van der Waals surface area contributed by atoms with Gasteiger partial charge in [-0.3, -0.25) is 4.79 Å². The first-order chi connectivity index (χ1) is 18.9. The molecule has 3 aliphatic heterocycles. The van der Waals surface area contributed by atoms with Crippen LogP contribution in [-0.2, 0) is 17.7 Å². The van der Waals surface area contributed by atoms with Crippen LogP contribution in [0.15, 0.2) is 24.3 Å². The van der Waals surface area contributed by atoms with E-state index in [4.69, 9.17) is 19.4 Å². The van der Waals surface area contributed by atoms with Crippen LogP contribution in [0.5, 0.6) is 11.8 Å². The number of phenols is 1. The number of anilines is 2. The molecule has 39 heavy (non-hydrogen) atoms. The number of aromatic hydroxyl groups is 1. The zero-order valence-corrected chi connectivity index (χ0v) is 22.5. The van der Waals surface area contributed by atoms with Gasteiger partial charge in [-0.15, -0.1) is 0 Å². The van der Waals surface area contributed by atoms with Crippen LogP contribution >= 0.6 is 0 Å². The van der Waals surface area contributed by atoms with Crippen LogP contribution in [0, 0.1) is 5.82 Å². The number of ether oxygens (including phenoxy) is 2. The Bertz CT molecular complexity index is 1410. The van der Waals surface area contributed by atoms with Crippen LogP contribution in [0.3, 0.4) is 0 Å². The van der Waals surface area contributed by atoms with Gasteiger partial charge in [-0.05, 0) is 62.4 Å². The van der Waals surface area contributed by atoms with Crippen molar-refractivity contribution in [2.75, 3.05) is 56.3 Å². The van der Waals surface area contributed by atoms with Crippen LogP contribution in [0.25, 0.3) is 10.8 Å². The van der Waals surface area contributed by atoms with Gasteiger partial charge in [0.1, 0.15) is 29.6 Å². The average molecular weight is 536 g/mol. The Labute approximate surface area is 227 Å². The lowest BCUT2D eigenvalue weighted by Crippen LogP contribution is -2.32. The molecule has 1 unspecified atom stereocenters. The monoisotopic (exact) mass is 535 g/mol. The summed E-state index contributed by atoms with van der Waals surface area (Å²) in [6.07, 6.45) is 3.46. The van der Waals surface area contributed by atoms with Gasteiger partial charge in [-0.25, -0.2) is 4.39 Å². The molecular weight excluding hydrogens is 501 g/mol. The summed E-state index contributed by atoms with van der Waals surface area (Å²) in [6.45, 7) is 6.06. The van der Waals surface area contributed by atoms with Crippen molar-refractivity contribution in [3.05, 3.63) is 46.9 Å². The van der Waals surface area contributed by atoms with Crippen molar-refractivity contribution in [1.29, 1.82) is 0 Å². The first-order valence-corrected chi connectivity index (χ1v) is 13.8. The van der Waals surface area contributed by atoms with Crippen LogP contribution in [0.1, 0.15) is 47.8 Å². The topological polar surface area (TPSA) is 91.3 Å². The number of halogens is 1. The predicted octanol–water partition coefficient (Wildman–Crippen LogP) is 3.90. The molecule has 4 heterocycles. The molecule has 2 fully saturated rings.